The van der Waals surface area contributed by atoms with Gasteiger partial charge >= 0.3 is 12.1 Å². The van der Waals surface area contributed by atoms with Gasteiger partial charge in [0.2, 0.25) is 10.0 Å². The Labute approximate surface area is 198 Å². The van der Waals surface area contributed by atoms with E-state index >= 15 is 0 Å². The third-order valence-corrected chi connectivity index (χ3v) is 8.09. The number of sulfonamides is 1. The Morgan fingerprint density at radius 3 is 2.21 bits per heavy atom. The summed E-state index contributed by atoms with van der Waals surface area (Å²) < 4.78 is 66.3. The van der Waals surface area contributed by atoms with E-state index in [1.165, 1.54) is 28.6 Å². The summed E-state index contributed by atoms with van der Waals surface area (Å²) in [6, 6.07) is 10.6. The Kier molecular flexibility index (Phi) is 8.05. The molecule has 0 bridgehead atoms. The molecule has 2 aromatic carbocycles. The van der Waals surface area contributed by atoms with Gasteiger partial charge in [-0.25, -0.2) is 8.42 Å². The smallest absolute Gasteiger partial charge is 0.416 e. The monoisotopic (exact) mass is 498 g/mol. The van der Waals surface area contributed by atoms with Gasteiger partial charge in [0.25, 0.3) is 0 Å². The summed E-state index contributed by atoms with van der Waals surface area (Å²) in [5.41, 5.74) is 0.595. The number of carbonyl (C=O) groups is 1. The first-order chi connectivity index (χ1) is 15.9. The van der Waals surface area contributed by atoms with Crippen molar-refractivity contribution >= 4 is 16.0 Å². The fourth-order valence-electron chi connectivity index (χ4n) is 4.55. The van der Waals surface area contributed by atoms with Crippen LogP contribution >= 0.6 is 0 Å². The lowest BCUT2D eigenvalue weighted by Gasteiger charge is -2.43. The van der Waals surface area contributed by atoms with Crippen molar-refractivity contribution in [3.63, 3.8) is 0 Å². The predicted molar refractivity (Wildman–Crippen MR) is 122 cm³/mol. The van der Waals surface area contributed by atoms with E-state index < -0.39 is 27.7 Å². The van der Waals surface area contributed by atoms with Gasteiger partial charge in [0.05, 0.1) is 16.9 Å². The van der Waals surface area contributed by atoms with E-state index in [0.29, 0.717) is 31.6 Å². The van der Waals surface area contributed by atoms with Crippen LogP contribution in [0.4, 0.5) is 13.2 Å². The lowest BCUT2D eigenvalue weighted by atomic mass is 10.1. The molecule has 10 heteroatoms. The Bertz CT molecular complexity index is 1090. The van der Waals surface area contributed by atoms with Gasteiger partial charge in [0, 0.05) is 25.2 Å². The Balaban J connectivity index is 1.60. The van der Waals surface area contributed by atoms with E-state index in [1.54, 1.807) is 12.1 Å². The molecule has 1 aliphatic heterocycles. The number of piperazine rings is 1. The van der Waals surface area contributed by atoms with Crippen LogP contribution in [-0.2, 0) is 33.8 Å². The van der Waals surface area contributed by atoms with Gasteiger partial charge < -0.3 is 10.0 Å². The topological polar surface area (TPSA) is 77.9 Å². The number of carboxylic acids is 1. The summed E-state index contributed by atoms with van der Waals surface area (Å²) in [6.45, 7) is 5.46. The zero-order valence-corrected chi connectivity index (χ0v) is 19.9. The molecular formula is C24H29F3N2O4S. The fraction of sp³-hybridized carbons (Fsp3) is 0.458. The minimum atomic E-state index is -4.34. The molecule has 1 aliphatic rings. The molecule has 3 rings (SSSR count). The summed E-state index contributed by atoms with van der Waals surface area (Å²) in [7, 11) is -3.80. The summed E-state index contributed by atoms with van der Waals surface area (Å²) in [5, 5.41) is 9.00. The minimum absolute atomic E-state index is 0.0840. The molecule has 0 aromatic heterocycles. The summed E-state index contributed by atoms with van der Waals surface area (Å²) in [5.74, 6) is -1.03. The van der Waals surface area contributed by atoms with Crippen molar-refractivity contribution < 1.29 is 31.5 Å². The molecule has 2 aromatic rings. The van der Waals surface area contributed by atoms with Crippen LogP contribution < -0.4 is 0 Å². The summed E-state index contributed by atoms with van der Waals surface area (Å²) in [4.78, 5) is 13.2. The van der Waals surface area contributed by atoms with E-state index in [0.717, 1.165) is 24.1 Å². The van der Waals surface area contributed by atoms with Gasteiger partial charge in [-0.05, 0) is 68.6 Å². The minimum Gasteiger partial charge on any atom is -0.481 e. The summed E-state index contributed by atoms with van der Waals surface area (Å²) in [6.07, 6.45) is -3.21. The van der Waals surface area contributed by atoms with Crippen LogP contribution in [0.3, 0.4) is 0 Å². The predicted octanol–water partition coefficient (Wildman–Crippen LogP) is 4.05. The van der Waals surface area contributed by atoms with Crippen molar-refractivity contribution in [1.29, 1.82) is 0 Å². The van der Waals surface area contributed by atoms with E-state index in [2.05, 4.69) is 4.90 Å². The van der Waals surface area contributed by atoms with Gasteiger partial charge in [-0.2, -0.15) is 17.5 Å². The van der Waals surface area contributed by atoms with Crippen molar-refractivity contribution in [2.45, 2.75) is 56.3 Å². The number of aryl methyl sites for hydroxylation is 1. The normalized spacial score (nSPS) is 20.4. The SMILES string of the molecule is CC1CN(CCCc2ccc(C(F)(F)F)cc2)CC(C)N1S(=O)(=O)c1cccc(CC(=O)O)c1. The lowest BCUT2D eigenvalue weighted by molar-refractivity contribution is -0.138. The molecule has 0 saturated carbocycles. The lowest BCUT2D eigenvalue weighted by Crippen LogP contribution is -2.58. The largest absolute Gasteiger partial charge is 0.481 e. The number of aliphatic carboxylic acids is 1. The van der Waals surface area contributed by atoms with E-state index in [9.17, 15) is 26.4 Å². The van der Waals surface area contributed by atoms with Crippen LogP contribution in [0.15, 0.2) is 53.4 Å². The molecule has 1 N–H and O–H groups in total. The molecule has 2 atom stereocenters. The zero-order chi connectivity index (χ0) is 25.1. The molecule has 34 heavy (non-hydrogen) atoms. The van der Waals surface area contributed by atoms with E-state index in [-0.39, 0.29) is 23.4 Å². The highest BCUT2D eigenvalue weighted by Gasteiger charge is 2.38. The number of halogens is 3. The van der Waals surface area contributed by atoms with Gasteiger partial charge in [0.1, 0.15) is 0 Å². The quantitative estimate of drug-likeness (QED) is 0.594. The number of hydrogen-bond acceptors (Lipinski definition) is 4. The standard InChI is InChI=1S/C24H29F3N2O4S/c1-17-15-28(12-4-6-19-8-10-21(11-9-19)24(25,26)27)16-18(2)29(17)34(32,33)22-7-3-5-20(13-22)14-23(30)31/h3,5,7-11,13,17-18H,4,6,12,14-16H2,1-2H3,(H,30,31). The maximum Gasteiger partial charge on any atom is 0.416 e. The number of nitrogens with zero attached hydrogens (tertiary/aromatic N) is 2. The van der Waals surface area contributed by atoms with Crippen molar-refractivity contribution in [3.8, 4) is 0 Å². The van der Waals surface area contributed by atoms with Crippen LogP contribution in [0.2, 0.25) is 0 Å². The first-order valence-corrected chi connectivity index (χ1v) is 12.5. The third kappa shape index (κ3) is 6.37. The van der Waals surface area contributed by atoms with Crippen LogP contribution in [0.5, 0.6) is 0 Å². The van der Waals surface area contributed by atoms with E-state index in [4.69, 9.17) is 5.11 Å². The van der Waals surface area contributed by atoms with Crippen molar-refractivity contribution in [3.05, 3.63) is 65.2 Å². The van der Waals surface area contributed by atoms with Crippen molar-refractivity contribution in [2.75, 3.05) is 19.6 Å². The van der Waals surface area contributed by atoms with Gasteiger partial charge in [0.15, 0.2) is 0 Å². The number of hydrogen-bond donors (Lipinski definition) is 1. The first-order valence-electron chi connectivity index (χ1n) is 11.1. The number of carboxylic acid groups (broad SMARTS) is 1. The van der Waals surface area contributed by atoms with Gasteiger partial charge in [-0.3, -0.25) is 4.79 Å². The molecule has 1 saturated heterocycles. The van der Waals surface area contributed by atoms with Crippen LogP contribution in [0, 0.1) is 0 Å². The van der Waals surface area contributed by atoms with Crippen LogP contribution in [0.1, 0.15) is 37.0 Å². The second-order valence-electron chi connectivity index (χ2n) is 8.81. The second kappa shape index (κ2) is 10.5. The van der Waals surface area contributed by atoms with Gasteiger partial charge in [-0.15, -0.1) is 0 Å². The highest BCUT2D eigenvalue weighted by molar-refractivity contribution is 7.89. The molecule has 0 radical (unpaired) electrons. The summed E-state index contributed by atoms with van der Waals surface area (Å²) >= 11 is 0. The van der Waals surface area contributed by atoms with E-state index in [1.807, 2.05) is 13.8 Å². The molecule has 6 nitrogen and oxygen atoms in total. The third-order valence-electron chi connectivity index (χ3n) is 5.96. The molecular weight excluding hydrogens is 469 g/mol. The fourth-order valence-corrected chi connectivity index (χ4v) is 6.43. The molecule has 2 unspecified atom stereocenters. The number of benzene rings is 2. The number of rotatable bonds is 8. The highest BCUT2D eigenvalue weighted by Crippen LogP contribution is 2.29. The molecule has 186 valence electrons. The van der Waals surface area contributed by atoms with Crippen molar-refractivity contribution in [2.24, 2.45) is 0 Å². The molecule has 1 heterocycles. The average Bonchev–Trinajstić information content (AvgIpc) is 2.72. The molecule has 0 amide bonds. The average molecular weight is 499 g/mol. The zero-order valence-electron chi connectivity index (χ0n) is 19.1. The van der Waals surface area contributed by atoms with Crippen LogP contribution in [0.25, 0.3) is 0 Å². The second-order valence-corrected chi connectivity index (χ2v) is 10.7. The maximum absolute atomic E-state index is 13.3. The Morgan fingerprint density at radius 1 is 1.03 bits per heavy atom. The molecule has 0 spiro atoms. The first kappa shape index (κ1) is 26.2. The Morgan fingerprint density at radius 2 is 1.65 bits per heavy atom. The maximum atomic E-state index is 13.3. The van der Waals surface area contributed by atoms with Crippen molar-refractivity contribution in [1.82, 2.24) is 9.21 Å². The molecule has 0 aliphatic carbocycles. The number of alkyl halides is 3. The van der Waals surface area contributed by atoms with Gasteiger partial charge in [-0.1, -0.05) is 24.3 Å². The highest BCUT2D eigenvalue weighted by atomic mass is 32.2. The Hall–Kier alpha value is -2.43. The van der Waals surface area contributed by atoms with Crippen LogP contribution in [-0.4, -0.2) is 60.4 Å². The molecule has 1 fully saturated rings.